The minimum Gasteiger partial charge on any atom is -0.508 e. The van der Waals surface area contributed by atoms with Gasteiger partial charge in [0.15, 0.2) is 0 Å². The minimum absolute atomic E-state index is 0.239. The van der Waals surface area contributed by atoms with Crippen LogP contribution >= 0.6 is 59.2 Å². The van der Waals surface area contributed by atoms with Crippen LogP contribution in [0.25, 0.3) is 44.6 Å². The van der Waals surface area contributed by atoms with Crippen LogP contribution in [0, 0.1) is 0 Å². The Morgan fingerprint density at radius 2 is 1.12 bits per heavy atom. The van der Waals surface area contributed by atoms with Gasteiger partial charge < -0.3 is 20.2 Å². The zero-order valence-corrected chi connectivity index (χ0v) is 31.3. The van der Waals surface area contributed by atoms with Crippen LogP contribution < -0.4 is 0 Å². The standard InChI is InChI=1S/C19H14ClN3OS.C12H8ClN3O.C8H9ClS/c20-14-3-1-2-12(8-14)10-25-19-16-9-17(23-18(16)21-11-22-19)13-4-6-15(24)7-5-13;13-11-9-5-10(16-12(9)15-6-14-11)7-1-3-8(17)4-2-7;9-8-3-1-2-7(6-8)4-5-10/h1-9,11,24H,10H2,(H,21,22,23);1-6,17H,(H,14,15,16);1-3,6,10H,4-5H2. The summed E-state index contributed by atoms with van der Waals surface area (Å²) in [4.78, 5) is 23.2. The molecule has 0 bridgehead atoms. The van der Waals surface area contributed by atoms with Crippen molar-refractivity contribution in [2.45, 2.75) is 17.2 Å². The van der Waals surface area contributed by atoms with Crippen LogP contribution in [0.1, 0.15) is 11.1 Å². The number of rotatable bonds is 7. The van der Waals surface area contributed by atoms with E-state index in [1.54, 1.807) is 42.4 Å². The predicted molar refractivity (Wildman–Crippen MR) is 217 cm³/mol. The Bertz CT molecular complexity index is 2400. The second kappa shape index (κ2) is 17.7. The Morgan fingerprint density at radius 1 is 0.596 bits per heavy atom. The molecular formula is C39H31Cl3N6O2S2. The molecule has 262 valence electrons. The molecule has 4 aromatic heterocycles. The van der Waals surface area contributed by atoms with E-state index in [1.807, 2.05) is 72.8 Å². The van der Waals surface area contributed by atoms with E-state index in [2.05, 4.69) is 54.7 Å². The highest BCUT2D eigenvalue weighted by atomic mass is 35.5. The zero-order valence-electron chi connectivity index (χ0n) is 27.3. The van der Waals surface area contributed by atoms with Gasteiger partial charge in [-0.05, 0) is 119 Å². The van der Waals surface area contributed by atoms with Crippen molar-refractivity contribution in [3.63, 3.8) is 0 Å². The number of benzene rings is 4. The van der Waals surface area contributed by atoms with E-state index in [0.717, 1.165) is 77.5 Å². The quantitative estimate of drug-likeness (QED) is 0.0619. The zero-order chi connectivity index (χ0) is 36.5. The smallest absolute Gasteiger partial charge is 0.142 e. The van der Waals surface area contributed by atoms with Crippen molar-refractivity contribution < 1.29 is 10.2 Å². The number of H-pyrrole nitrogens is 2. The van der Waals surface area contributed by atoms with E-state index in [0.29, 0.717) is 10.8 Å². The number of aromatic nitrogens is 6. The first-order valence-electron chi connectivity index (χ1n) is 15.9. The summed E-state index contributed by atoms with van der Waals surface area (Å²) in [7, 11) is 0. The predicted octanol–water partition coefficient (Wildman–Crippen LogP) is 11.1. The van der Waals surface area contributed by atoms with Gasteiger partial charge in [0, 0.05) is 27.2 Å². The van der Waals surface area contributed by atoms with Crippen molar-refractivity contribution in [3.05, 3.63) is 148 Å². The SMILES string of the molecule is Oc1ccc(-c2cc3c(Cl)ncnc3[nH]2)cc1.Oc1ccc(-c2cc3c(SCc4cccc(Cl)c4)ncnc3[nH]2)cc1.SCCc1cccc(Cl)c1. The van der Waals surface area contributed by atoms with E-state index < -0.39 is 0 Å². The number of phenolic OH excluding ortho intramolecular Hbond substituents is 2. The second-order valence-corrected chi connectivity index (χ2v) is 14.0. The molecule has 8 rings (SSSR count). The normalized spacial score (nSPS) is 10.8. The van der Waals surface area contributed by atoms with E-state index in [9.17, 15) is 10.2 Å². The van der Waals surface area contributed by atoms with Gasteiger partial charge in [-0.2, -0.15) is 12.6 Å². The Hall–Kier alpha value is -4.71. The van der Waals surface area contributed by atoms with Gasteiger partial charge in [-0.25, -0.2) is 19.9 Å². The van der Waals surface area contributed by atoms with Gasteiger partial charge in [0.1, 0.15) is 45.6 Å². The Kier molecular flexibility index (Phi) is 12.6. The molecule has 0 amide bonds. The molecule has 0 aliphatic rings. The molecule has 0 aliphatic heterocycles. The molecule has 0 radical (unpaired) electrons. The van der Waals surface area contributed by atoms with Gasteiger partial charge in [0.25, 0.3) is 0 Å². The van der Waals surface area contributed by atoms with Crippen molar-refractivity contribution >= 4 is 81.3 Å². The topological polar surface area (TPSA) is 124 Å². The van der Waals surface area contributed by atoms with Crippen LogP contribution in [0.4, 0.5) is 0 Å². The molecule has 4 N–H and O–H groups in total. The molecule has 4 heterocycles. The van der Waals surface area contributed by atoms with Crippen LogP contribution in [0.15, 0.2) is 127 Å². The Balaban J connectivity index is 0.000000148. The van der Waals surface area contributed by atoms with Crippen molar-refractivity contribution in [2.75, 3.05) is 5.75 Å². The number of thioether (sulfide) groups is 1. The molecule has 8 nitrogen and oxygen atoms in total. The molecular weight excluding hydrogens is 755 g/mol. The lowest BCUT2D eigenvalue weighted by atomic mass is 10.1. The number of nitrogens with zero attached hydrogens (tertiary/aromatic N) is 4. The average Bonchev–Trinajstić information content (AvgIpc) is 3.79. The van der Waals surface area contributed by atoms with Crippen LogP contribution in [0.3, 0.4) is 0 Å². The second-order valence-electron chi connectivity index (χ2n) is 11.3. The monoisotopic (exact) mass is 784 g/mol. The van der Waals surface area contributed by atoms with Crippen LogP contribution in [-0.2, 0) is 12.2 Å². The summed E-state index contributed by atoms with van der Waals surface area (Å²) in [5.74, 6) is 2.15. The fraction of sp³-hybridized carbons (Fsp3) is 0.0769. The number of fused-ring (bicyclic) bond motifs is 2. The van der Waals surface area contributed by atoms with Crippen LogP contribution in [0.2, 0.25) is 15.2 Å². The Morgan fingerprint density at radius 3 is 1.67 bits per heavy atom. The first-order chi connectivity index (χ1) is 25.2. The fourth-order valence-corrected chi connectivity index (χ4v) is 6.92. The summed E-state index contributed by atoms with van der Waals surface area (Å²) in [6.45, 7) is 0. The third kappa shape index (κ3) is 9.78. The molecule has 52 heavy (non-hydrogen) atoms. The van der Waals surface area contributed by atoms with E-state index >= 15 is 0 Å². The van der Waals surface area contributed by atoms with Gasteiger partial charge >= 0.3 is 0 Å². The number of halogens is 3. The molecule has 4 aromatic carbocycles. The lowest BCUT2D eigenvalue weighted by Gasteiger charge is -2.02. The maximum absolute atomic E-state index is 9.44. The lowest BCUT2D eigenvalue weighted by molar-refractivity contribution is 0.475. The van der Waals surface area contributed by atoms with Gasteiger partial charge in [0.05, 0.1) is 10.8 Å². The molecule has 13 heteroatoms. The fourth-order valence-electron chi connectivity index (χ4n) is 5.13. The molecule has 0 spiro atoms. The van der Waals surface area contributed by atoms with Crippen molar-refractivity contribution in [1.82, 2.24) is 29.9 Å². The molecule has 0 saturated carbocycles. The first-order valence-corrected chi connectivity index (χ1v) is 18.6. The largest absolute Gasteiger partial charge is 0.508 e. The summed E-state index contributed by atoms with van der Waals surface area (Å²) in [5.41, 5.74) is 7.68. The van der Waals surface area contributed by atoms with Crippen molar-refractivity contribution in [3.8, 4) is 34.0 Å². The lowest BCUT2D eigenvalue weighted by Crippen LogP contribution is -1.86. The number of hydrogen-bond donors (Lipinski definition) is 5. The maximum Gasteiger partial charge on any atom is 0.142 e. The number of phenols is 2. The van der Waals surface area contributed by atoms with Gasteiger partial charge in [-0.15, -0.1) is 11.8 Å². The number of nitrogens with one attached hydrogen (secondary N) is 2. The summed E-state index contributed by atoms with van der Waals surface area (Å²) in [5, 5.41) is 23.3. The van der Waals surface area contributed by atoms with E-state index in [-0.39, 0.29) is 11.5 Å². The molecule has 0 atom stereocenters. The number of thiol groups is 1. The van der Waals surface area contributed by atoms with Gasteiger partial charge in [-0.1, -0.05) is 59.1 Å². The van der Waals surface area contributed by atoms with Gasteiger partial charge in [0.2, 0.25) is 0 Å². The molecule has 8 aromatic rings. The number of hydrogen-bond acceptors (Lipinski definition) is 8. The molecule has 0 aliphatic carbocycles. The highest BCUT2D eigenvalue weighted by Crippen LogP contribution is 2.32. The van der Waals surface area contributed by atoms with Crippen LogP contribution in [-0.4, -0.2) is 45.9 Å². The molecule has 0 saturated heterocycles. The third-order valence-corrected chi connectivity index (χ3v) is 9.75. The third-order valence-electron chi connectivity index (χ3n) is 7.68. The molecule has 0 fully saturated rings. The first kappa shape index (κ1) is 37.1. The summed E-state index contributed by atoms with van der Waals surface area (Å²) >= 11 is 23.5. The van der Waals surface area contributed by atoms with E-state index in [1.165, 1.54) is 11.9 Å². The van der Waals surface area contributed by atoms with Crippen molar-refractivity contribution in [2.24, 2.45) is 0 Å². The van der Waals surface area contributed by atoms with E-state index in [4.69, 9.17) is 34.8 Å². The summed E-state index contributed by atoms with van der Waals surface area (Å²) in [6, 6.07) is 33.6. The maximum atomic E-state index is 9.44. The van der Waals surface area contributed by atoms with Crippen molar-refractivity contribution in [1.29, 1.82) is 0 Å². The number of aromatic hydroxyl groups is 2. The average molecular weight is 786 g/mol. The molecule has 0 unspecified atom stereocenters. The highest BCUT2D eigenvalue weighted by molar-refractivity contribution is 7.98. The minimum atomic E-state index is 0.239. The van der Waals surface area contributed by atoms with Crippen LogP contribution in [0.5, 0.6) is 11.5 Å². The highest BCUT2D eigenvalue weighted by Gasteiger charge is 2.11. The Labute approximate surface area is 324 Å². The van der Waals surface area contributed by atoms with Gasteiger partial charge in [-0.3, -0.25) is 0 Å². The summed E-state index contributed by atoms with van der Waals surface area (Å²) in [6.07, 6.45) is 3.98. The summed E-state index contributed by atoms with van der Waals surface area (Å²) < 4.78 is 0. The number of aromatic amines is 2. The number of aryl methyl sites for hydroxylation is 1.